The van der Waals surface area contributed by atoms with Gasteiger partial charge in [0.1, 0.15) is 0 Å². The summed E-state index contributed by atoms with van der Waals surface area (Å²) < 4.78 is 34.3. The second-order valence-corrected chi connectivity index (χ2v) is 8.01. The molecule has 4 nitrogen and oxygen atoms in total. The van der Waals surface area contributed by atoms with E-state index in [1.807, 2.05) is 6.92 Å². The zero-order valence-electron chi connectivity index (χ0n) is 15.3. The summed E-state index contributed by atoms with van der Waals surface area (Å²) in [6, 6.07) is 6.75. The highest BCUT2D eigenvalue weighted by Gasteiger charge is 2.14. The van der Waals surface area contributed by atoms with Gasteiger partial charge in [-0.2, -0.15) is 8.42 Å². The number of rotatable bonds is 13. The van der Waals surface area contributed by atoms with Gasteiger partial charge in [-0.15, -0.1) is 0 Å². The topological polar surface area (TPSA) is 52.6 Å². The van der Waals surface area contributed by atoms with Gasteiger partial charge in [-0.05, 0) is 38.8 Å². The van der Waals surface area contributed by atoms with Gasteiger partial charge < -0.3 is 4.74 Å². The van der Waals surface area contributed by atoms with Crippen molar-refractivity contribution >= 4 is 10.1 Å². The second kappa shape index (κ2) is 11.6. The summed E-state index contributed by atoms with van der Waals surface area (Å²) in [4.78, 5) is 0.235. The lowest BCUT2D eigenvalue weighted by Crippen LogP contribution is -2.07. The van der Waals surface area contributed by atoms with Gasteiger partial charge in [0.15, 0.2) is 0 Å². The van der Waals surface area contributed by atoms with Gasteiger partial charge in [0.05, 0.1) is 17.6 Å². The molecule has 138 valence electrons. The molecule has 1 aromatic carbocycles. The van der Waals surface area contributed by atoms with E-state index in [0.717, 1.165) is 31.2 Å². The van der Waals surface area contributed by atoms with Crippen LogP contribution in [-0.2, 0) is 19.0 Å². The maximum Gasteiger partial charge on any atom is 0.296 e. The molecule has 0 N–H and O–H groups in total. The fourth-order valence-corrected chi connectivity index (χ4v) is 3.42. The molecular formula is C19H32O4S. The lowest BCUT2D eigenvalue weighted by Gasteiger charge is -2.08. The SMILES string of the molecule is COC(C)CCCCCCCCCOS(=O)(=O)c1ccc(C)cc1. The minimum atomic E-state index is -3.60. The summed E-state index contributed by atoms with van der Waals surface area (Å²) in [5, 5.41) is 0. The standard InChI is InChI=1S/C19H32O4S/c1-17-12-14-19(15-13-17)24(20,21)23-16-10-8-6-4-5-7-9-11-18(2)22-3/h12-15,18H,4-11,16H2,1-3H3. The van der Waals surface area contributed by atoms with Gasteiger partial charge in [0.25, 0.3) is 10.1 Å². The van der Waals surface area contributed by atoms with E-state index < -0.39 is 10.1 Å². The first-order valence-corrected chi connectivity index (χ1v) is 10.4. The molecular weight excluding hydrogens is 324 g/mol. The molecule has 0 aliphatic rings. The third-order valence-corrected chi connectivity index (χ3v) is 5.53. The molecule has 24 heavy (non-hydrogen) atoms. The van der Waals surface area contributed by atoms with Crippen molar-refractivity contribution < 1.29 is 17.3 Å². The third kappa shape index (κ3) is 8.81. The van der Waals surface area contributed by atoms with E-state index in [9.17, 15) is 8.42 Å². The van der Waals surface area contributed by atoms with Crippen LogP contribution in [0.5, 0.6) is 0 Å². The fourth-order valence-electron chi connectivity index (χ4n) is 2.48. The molecule has 0 aromatic heterocycles. The van der Waals surface area contributed by atoms with Crippen molar-refractivity contribution in [1.29, 1.82) is 0 Å². The third-order valence-electron chi connectivity index (χ3n) is 4.21. The first-order valence-electron chi connectivity index (χ1n) is 8.94. The summed E-state index contributed by atoms with van der Waals surface area (Å²) in [5.74, 6) is 0. The Bertz CT molecular complexity index is 537. The highest BCUT2D eigenvalue weighted by atomic mass is 32.2. The number of hydrogen-bond acceptors (Lipinski definition) is 4. The minimum absolute atomic E-state index is 0.235. The van der Waals surface area contributed by atoms with Crippen LogP contribution in [0.1, 0.15) is 63.9 Å². The number of methoxy groups -OCH3 is 1. The van der Waals surface area contributed by atoms with E-state index in [1.54, 1.807) is 31.4 Å². The van der Waals surface area contributed by atoms with Crippen molar-refractivity contribution in [1.82, 2.24) is 0 Å². The van der Waals surface area contributed by atoms with Crippen LogP contribution in [0.3, 0.4) is 0 Å². The van der Waals surface area contributed by atoms with Gasteiger partial charge in [-0.25, -0.2) is 0 Å². The Labute approximate surface area is 147 Å². The predicted molar refractivity (Wildman–Crippen MR) is 97.7 cm³/mol. The highest BCUT2D eigenvalue weighted by Crippen LogP contribution is 2.15. The van der Waals surface area contributed by atoms with Crippen LogP contribution < -0.4 is 0 Å². The minimum Gasteiger partial charge on any atom is -0.382 e. The van der Waals surface area contributed by atoms with Gasteiger partial charge in [0.2, 0.25) is 0 Å². The van der Waals surface area contributed by atoms with Gasteiger partial charge in [-0.3, -0.25) is 4.18 Å². The molecule has 1 unspecified atom stereocenters. The highest BCUT2D eigenvalue weighted by molar-refractivity contribution is 7.86. The van der Waals surface area contributed by atoms with E-state index in [2.05, 4.69) is 6.92 Å². The molecule has 0 aliphatic heterocycles. The zero-order valence-corrected chi connectivity index (χ0v) is 16.1. The molecule has 5 heteroatoms. The van der Waals surface area contributed by atoms with E-state index in [0.29, 0.717) is 6.10 Å². The number of hydrogen-bond donors (Lipinski definition) is 0. The van der Waals surface area contributed by atoms with Crippen molar-refractivity contribution in [2.45, 2.75) is 76.2 Å². The average molecular weight is 357 g/mol. The quantitative estimate of drug-likeness (QED) is 0.374. The van der Waals surface area contributed by atoms with Gasteiger partial charge >= 0.3 is 0 Å². The lowest BCUT2D eigenvalue weighted by molar-refractivity contribution is 0.108. The van der Waals surface area contributed by atoms with E-state index in [4.69, 9.17) is 8.92 Å². The molecule has 0 saturated heterocycles. The van der Waals surface area contributed by atoms with Crippen molar-refractivity contribution in [3.63, 3.8) is 0 Å². The van der Waals surface area contributed by atoms with Crippen LogP contribution in [0, 0.1) is 6.92 Å². The number of benzene rings is 1. The maximum atomic E-state index is 12.0. The van der Waals surface area contributed by atoms with Crippen molar-refractivity contribution in [2.24, 2.45) is 0 Å². The Kier molecular flexibility index (Phi) is 10.2. The summed E-state index contributed by atoms with van der Waals surface area (Å²) in [5.41, 5.74) is 1.03. The van der Waals surface area contributed by atoms with Crippen molar-refractivity contribution in [2.75, 3.05) is 13.7 Å². The molecule has 1 aromatic rings. The second-order valence-electron chi connectivity index (χ2n) is 6.40. The Hall–Kier alpha value is -0.910. The number of aryl methyl sites for hydroxylation is 1. The summed E-state index contributed by atoms with van der Waals surface area (Å²) in [6.07, 6.45) is 9.31. The van der Waals surface area contributed by atoms with Crippen LogP contribution >= 0.6 is 0 Å². The molecule has 0 amide bonds. The largest absolute Gasteiger partial charge is 0.382 e. The molecule has 0 fully saturated rings. The van der Waals surface area contributed by atoms with E-state index in [-0.39, 0.29) is 11.5 Å². The molecule has 0 spiro atoms. The number of ether oxygens (including phenoxy) is 1. The van der Waals surface area contributed by atoms with Crippen LogP contribution in [0.4, 0.5) is 0 Å². The first kappa shape index (κ1) is 21.1. The molecule has 1 rings (SSSR count). The molecule has 0 bridgehead atoms. The van der Waals surface area contributed by atoms with Crippen LogP contribution in [0.15, 0.2) is 29.2 Å². The summed E-state index contributed by atoms with van der Waals surface area (Å²) in [6.45, 7) is 4.29. The van der Waals surface area contributed by atoms with E-state index in [1.165, 1.54) is 25.7 Å². The Morgan fingerprint density at radius 3 is 2.04 bits per heavy atom. The Morgan fingerprint density at radius 1 is 0.917 bits per heavy atom. The maximum absolute atomic E-state index is 12.0. The summed E-state index contributed by atoms with van der Waals surface area (Å²) in [7, 11) is -1.85. The smallest absolute Gasteiger partial charge is 0.296 e. The predicted octanol–water partition coefficient (Wildman–Crippen LogP) is 4.86. The molecule has 0 heterocycles. The molecule has 0 aliphatic carbocycles. The van der Waals surface area contributed by atoms with Gasteiger partial charge in [0, 0.05) is 7.11 Å². The molecule has 0 radical (unpaired) electrons. The van der Waals surface area contributed by atoms with Crippen LogP contribution in [0.25, 0.3) is 0 Å². The summed E-state index contributed by atoms with van der Waals surface area (Å²) >= 11 is 0. The monoisotopic (exact) mass is 356 g/mol. The molecule has 0 saturated carbocycles. The Balaban J connectivity index is 2.04. The average Bonchev–Trinajstić information content (AvgIpc) is 2.56. The fraction of sp³-hybridized carbons (Fsp3) is 0.684. The van der Waals surface area contributed by atoms with E-state index >= 15 is 0 Å². The first-order chi connectivity index (χ1) is 11.5. The lowest BCUT2D eigenvalue weighted by atomic mass is 10.1. The Morgan fingerprint density at radius 2 is 1.46 bits per heavy atom. The van der Waals surface area contributed by atoms with Crippen molar-refractivity contribution in [3.8, 4) is 0 Å². The molecule has 1 atom stereocenters. The van der Waals surface area contributed by atoms with Crippen molar-refractivity contribution in [3.05, 3.63) is 29.8 Å². The zero-order chi connectivity index (χ0) is 17.8. The van der Waals surface area contributed by atoms with Crippen LogP contribution in [-0.4, -0.2) is 28.2 Å². The normalized spacial score (nSPS) is 13.1. The number of unbranched alkanes of at least 4 members (excludes halogenated alkanes) is 6. The van der Waals surface area contributed by atoms with Gasteiger partial charge in [-0.1, -0.05) is 56.2 Å². The van der Waals surface area contributed by atoms with Crippen LogP contribution in [0.2, 0.25) is 0 Å².